The van der Waals surface area contributed by atoms with Gasteiger partial charge in [0.05, 0.1) is 6.61 Å². The lowest BCUT2D eigenvalue weighted by Gasteiger charge is -2.29. The Morgan fingerprint density at radius 2 is 1.95 bits per heavy atom. The zero-order chi connectivity index (χ0) is 14.4. The van der Waals surface area contributed by atoms with Crippen LogP contribution in [0.4, 0.5) is 0 Å². The third-order valence-corrected chi connectivity index (χ3v) is 3.73. The van der Waals surface area contributed by atoms with Crippen molar-refractivity contribution < 1.29 is 9.47 Å². The van der Waals surface area contributed by atoms with Crippen LogP contribution in [0.3, 0.4) is 0 Å². The summed E-state index contributed by atoms with van der Waals surface area (Å²) in [4.78, 5) is 0. The van der Waals surface area contributed by atoms with E-state index in [9.17, 15) is 0 Å². The van der Waals surface area contributed by atoms with Crippen LogP contribution < -0.4 is 14.8 Å². The van der Waals surface area contributed by atoms with Crippen LogP contribution in [0, 0.1) is 11.8 Å². The van der Waals surface area contributed by atoms with E-state index < -0.39 is 0 Å². The van der Waals surface area contributed by atoms with Crippen molar-refractivity contribution in [2.24, 2.45) is 11.8 Å². The fraction of sp³-hybridized carbons (Fsp3) is 0.647. The Morgan fingerprint density at radius 3 is 2.60 bits per heavy atom. The number of benzene rings is 1. The predicted octanol–water partition coefficient (Wildman–Crippen LogP) is 3.49. The van der Waals surface area contributed by atoms with Gasteiger partial charge in [-0.25, -0.2) is 0 Å². The Labute approximate surface area is 122 Å². The van der Waals surface area contributed by atoms with Crippen molar-refractivity contribution in [3.05, 3.63) is 24.3 Å². The van der Waals surface area contributed by atoms with E-state index in [2.05, 4.69) is 26.1 Å². The summed E-state index contributed by atoms with van der Waals surface area (Å²) in [6.07, 6.45) is 2.69. The lowest BCUT2D eigenvalue weighted by molar-refractivity contribution is 0.124. The molecule has 1 aliphatic rings. The van der Waals surface area contributed by atoms with E-state index in [0.29, 0.717) is 11.8 Å². The van der Waals surface area contributed by atoms with Gasteiger partial charge in [-0.1, -0.05) is 26.0 Å². The molecular weight excluding hydrogens is 250 g/mol. The van der Waals surface area contributed by atoms with Gasteiger partial charge >= 0.3 is 0 Å². The van der Waals surface area contributed by atoms with Gasteiger partial charge in [-0.05, 0) is 44.4 Å². The zero-order valence-corrected chi connectivity index (χ0v) is 12.9. The summed E-state index contributed by atoms with van der Waals surface area (Å²) < 4.78 is 12.0. The monoisotopic (exact) mass is 277 g/mol. The molecule has 1 aromatic carbocycles. The van der Waals surface area contributed by atoms with E-state index in [1.807, 2.05) is 24.3 Å². The van der Waals surface area contributed by atoms with E-state index in [-0.39, 0.29) is 6.10 Å². The second-order valence-electron chi connectivity index (χ2n) is 6.08. The van der Waals surface area contributed by atoms with Crippen LogP contribution in [-0.2, 0) is 0 Å². The fourth-order valence-corrected chi connectivity index (χ4v) is 2.50. The molecule has 0 amide bonds. The predicted molar refractivity (Wildman–Crippen MR) is 82.5 cm³/mol. The first-order valence-electron chi connectivity index (χ1n) is 7.76. The molecule has 1 fully saturated rings. The van der Waals surface area contributed by atoms with Gasteiger partial charge in [0, 0.05) is 12.5 Å². The summed E-state index contributed by atoms with van der Waals surface area (Å²) in [5.74, 6) is 2.83. The molecule has 0 spiro atoms. The first kappa shape index (κ1) is 15.2. The van der Waals surface area contributed by atoms with E-state index in [1.165, 1.54) is 12.8 Å². The van der Waals surface area contributed by atoms with Crippen LogP contribution in [0.2, 0.25) is 0 Å². The summed E-state index contributed by atoms with van der Waals surface area (Å²) in [5, 5.41) is 3.44. The smallest absolute Gasteiger partial charge is 0.161 e. The minimum Gasteiger partial charge on any atom is -0.489 e. The Hall–Kier alpha value is -1.22. The molecule has 3 heteroatoms. The molecule has 1 aliphatic heterocycles. The normalized spacial score (nSPS) is 20.7. The van der Waals surface area contributed by atoms with Crippen molar-refractivity contribution in [2.45, 2.75) is 39.7 Å². The highest BCUT2D eigenvalue weighted by molar-refractivity contribution is 5.39. The lowest BCUT2D eigenvalue weighted by Crippen LogP contribution is -2.37. The van der Waals surface area contributed by atoms with Gasteiger partial charge < -0.3 is 14.8 Å². The van der Waals surface area contributed by atoms with Gasteiger partial charge in [0.2, 0.25) is 0 Å². The molecule has 0 unspecified atom stereocenters. The minimum atomic E-state index is 0.214. The van der Waals surface area contributed by atoms with Crippen molar-refractivity contribution in [2.75, 3.05) is 19.7 Å². The summed E-state index contributed by atoms with van der Waals surface area (Å²) in [6, 6.07) is 7.99. The molecular formula is C17H27NO2. The number of piperidine rings is 1. The van der Waals surface area contributed by atoms with E-state index in [0.717, 1.165) is 31.2 Å². The van der Waals surface area contributed by atoms with Crippen LogP contribution in [0.1, 0.15) is 33.6 Å². The third kappa shape index (κ3) is 4.41. The maximum Gasteiger partial charge on any atom is 0.161 e. The quantitative estimate of drug-likeness (QED) is 0.863. The van der Waals surface area contributed by atoms with E-state index >= 15 is 0 Å². The Bertz CT molecular complexity index is 400. The molecule has 0 saturated carbocycles. The van der Waals surface area contributed by atoms with Gasteiger partial charge in [-0.15, -0.1) is 0 Å². The summed E-state index contributed by atoms with van der Waals surface area (Å²) in [5.41, 5.74) is 0. The fourth-order valence-electron chi connectivity index (χ4n) is 2.50. The Balaban J connectivity index is 1.96. The maximum absolute atomic E-state index is 6.15. The summed E-state index contributed by atoms with van der Waals surface area (Å²) in [6.45, 7) is 9.38. The Morgan fingerprint density at radius 1 is 1.20 bits per heavy atom. The summed E-state index contributed by atoms with van der Waals surface area (Å²) >= 11 is 0. The molecule has 1 N–H and O–H groups in total. The SMILES string of the molecule is CC(C)COc1ccccc1O[C@@H](C)[C@H]1CCCNC1. The Kier molecular flexibility index (Phi) is 5.72. The number of hydrogen-bond acceptors (Lipinski definition) is 3. The van der Waals surface area contributed by atoms with Crippen molar-refractivity contribution in [3.8, 4) is 11.5 Å². The molecule has 0 aliphatic carbocycles. The van der Waals surface area contributed by atoms with Gasteiger partial charge in [0.25, 0.3) is 0 Å². The van der Waals surface area contributed by atoms with Crippen molar-refractivity contribution >= 4 is 0 Å². The highest BCUT2D eigenvalue weighted by atomic mass is 16.5. The van der Waals surface area contributed by atoms with Crippen molar-refractivity contribution in [3.63, 3.8) is 0 Å². The number of rotatable bonds is 6. The highest BCUT2D eigenvalue weighted by Gasteiger charge is 2.22. The number of nitrogens with one attached hydrogen (secondary N) is 1. The van der Waals surface area contributed by atoms with Crippen LogP contribution in [-0.4, -0.2) is 25.8 Å². The number of ether oxygens (including phenoxy) is 2. The van der Waals surface area contributed by atoms with Crippen LogP contribution >= 0.6 is 0 Å². The average Bonchev–Trinajstić information content (AvgIpc) is 2.47. The van der Waals surface area contributed by atoms with Crippen molar-refractivity contribution in [1.29, 1.82) is 0 Å². The van der Waals surface area contributed by atoms with Gasteiger partial charge in [-0.2, -0.15) is 0 Å². The third-order valence-electron chi connectivity index (χ3n) is 3.73. The number of para-hydroxylation sites is 2. The largest absolute Gasteiger partial charge is 0.489 e. The van der Waals surface area contributed by atoms with E-state index in [1.54, 1.807) is 0 Å². The molecule has 2 rings (SSSR count). The molecule has 0 radical (unpaired) electrons. The topological polar surface area (TPSA) is 30.5 Å². The second-order valence-corrected chi connectivity index (χ2v) is 6.08. The average molecular weight is 277 g/mol. The molecule has 1 aromatic rings. The van der Waals surface area contributed by atoms with Gasteiger partial charge in [0.15, 0.2) is 11.5 Å². The maximum atomic E-state index is 6.15. The standard InChI is InChI=1S/C17H27NO2/c1-13(2)12-19-16-8-4-5-9-17(16)20-14(3)15-7-6-10-18-11-15/h4-5,8-9,13-15,18H,6-7,10-12H2,1-3H3/t14-,15-/m0/s1. The van der Waals surface area contributed by atoms with Crippen LogP contribution in [0.25, 0.3) is 0 Å². The van der Waals surface area contributed by atoms with Gasteiger partial charge in [-0.3, -0.25) is 0 Å². The second kappa shape index (κ2) is 7.53. The molecule has 1 heterocycles. The number of hydrogen-bond donors (Lipinski definition) is 1. The zero-order valence-electron chi connectivity index (χ0n) is 12.9. The van der Waals surface area contributed by atoms with E-state index in [4.69, 9.17) is 9.47 Å². The van der Waals surface area contributed by atoms with Gasteiger partial charge in [0.1, 0.15) is 6.10 Å². The molecule has 0 aromatic heterocycles. The molecule has 20 heavy (non-hydrogen) atoms. The van der Waals surface area contributed by atoms with Crippen LogP contribution in [0.5, 0.6) is 11.5 Å². The summed E-state index contributed by atoms with van der Waals surface area (Å²) in [7, 11) is 0. The highest BCUT2D eigenvalue weighted by Crippen LogP contribution is 2.30. The molecule has 1 saturated heterocycles. The van der Waals surface area contributed by atoms with Crippen LogP contribution in [0.15, 0.2) is 24.3 Å². The van der Waals surface area contributed by atoms with Crippen molar-refractivity contribution in [1.82, 2.24) is 5.32 Å². The molecule has 2 atom stereocenters. The molecule has 0 bridgehead atoms. The first-order chi connectivity index (χ1) is 9.66. The molecule has 3 nitrogen and oxygen atoms in total. The molecule has 112 valence electrons. The lowest BCUT2D eigenvalue weighted by atomic mass is 9.94. The minimum absolute atomic E-state index is 0.214. The first-order valence-corrected chi connectivity index (χ1v) is 7.76.